The first-order chi connectivity index (χ1) is 10.0. The molecule has 0 spiro atoms. The molecule has 0 saturated carbocycles. The summed E-state index contributed by atoms with van der Waals surface area (Å²) in [6.45, 7) is 3.56. The SMILES string of the molecule is COc1ccc(CN2CCC(C(=O)O)CC2C)cc1C#N. The monoisotopic (exact) mass is 288 g/mol. The number of nitrogens with zero attached hydrogens (tertiary/aromatic N) is 2. The number of nitriles is 1. The van der Waals surface area contributed by atoms with Crippen LogP contribution >= 0.6 is 0 Å². The smallest absolute Gasteiger partial charge is 0.306 e. The first kappa shape index (κ1) is 15.3. The van der Waals surface area contributed by atoms with Gasteiger partial charge in [-0.3, -0.25) is 9.69 Å². The lowest BCUT2D eigenvalue weighted by Gasteiger charge is -2.36. The quantitative estimate of drug-likeness (QED) is 0.920. The van der Waals surface area contributed by atoms with E-state index in [1.807, 2.05) is 18.2 Å². The molecule has 2 unspecified atom stereocenters. The Kier molecular flexibility index (Phi) is 4.81. The van der Waals surface area contributed by atoms with Gasteiger partial charge in [-0.25, -0.2) is 0 Å². The van der Waals surface area contributed by atoms with E-state index in [0.717, 1.165) is 18.7 Å². The Hall–Kier alpha value is -2.06. The van der Waals surface area contributed by atoms with Crippen molar-refractivity contribution in [2.45, 2.75) is 32.4 Å². The van der Waals surface area contributed by atoms with Crippen LogP contribution in [0.5, 0.6) is 5.75 Å². The lowest BCUT2D eigenvalue weighted by Crippen LogP contribution is -2.42. The fourth-order valence-corrected chi connectivity index (χ4v) is 2.86. The highest BCUT2D eigenvalue weighted by atomic mass is 16.5. The van der Waals surface area contributed by atoms with Gasteiger partial charge in [0.1, 0.15) is 11.8 Å². The third kappa shape index (κ3) is 3.53. The number of rotatable bonds is 4. The Morgan fingerprint density at radius 1 is 1.57 bits per heavy atom. The molecule has 1 heterocycles. The second-order valence-electron chi connectivity index (χ2n) is 5.53. The van der Waals surface area contributed by atoms with E-state index in [2.05, 4.69) is 17.9 Å². The van der Waals surface area contributed by atoms with Gasteiger partial charge in [0.25, 0.3) is 0 Å². The molecule has 21 heavy (non-hydrogen) atoms. The van der Waals surface area contributed by atoms with Crippen LogP contribution in [0.25, 0.3) is 0 Å². The minimum absolute atomic E-state index is 0.229. The van der Waals surface area contributed by atoms with Crippen LogP contribution in [-0.4, -0.2) is 35.7 Å². The molecule has 0 amide bonds. The van der Waals surface area contributed by atoms with Crippen LogP contribution in [0.3, 0.4) is 0 Å². The van der Waals surface area contributed by atoms with Crippen LogP contribution in [0.1, 0.15) is 30.9 Å². The molecule has 0 bridgehead atoms. The number of carboxylic acids is 1. The van der Waals surface area contributed by atoms with Gasteiger partial charge in [0, 0.05) is 12.6 Å². The molecule has 0 radical (unpaired) electrons. The summed E-state index contributed by atoms with van der Waals surface area (Å²) in [4.78, 5) is 13.3. The lowest BCUT2D eigenvalue weighted by atomic mass is 9.91. The number of ether oxygens (including phenoxy) is 1. The molecule has 0 aliphatic carbocycles. The molecule has 1 aliphatic rings. The van der Waals surface area contributed by atoms with Crippen LogP contribution in [-0.2, 0) is 11.3 Å². The summed E-state index contributed by atoms with van der Waals surface area (Å²) in [5, 5.41) is 18.2. The molecule has 2 atom stereocenters. The van der Waals surface area contributed by atoms with Gasteiger partial charge in [0.15, 0.2) is 0 Å². The Labute approximate surface area is 124 Å². The van der Waals surface area contributed by atoms with Gasteiger partial charge >= 0.3 is 5.97 Å². The lowest BCUT2D eigenvalue weighted by molar-refractivity contribution is -0.144. The molecule has 1 aromatic rings. The highest BCUT2D eigenvalue weighted by Gasteiger charge is 2.29. The molecule has 5 nitrogen and oxygen atoms in total. The standard InChI is InChI=1S/C16H20N2O3/c1-11-7-13(16(19)20)5-6-18(11)10-12-3-4-15(21-2)14(8-12)9-17/h3-4,8,11,13H,5-7,10H2,1-2H3,(H,19,20). The summed E-state index contributed by atoms with van der Waals surface area (Å²) in [5.74, 6) is -0.349. The molecule has 1 N–H and O–H groups in total. The maximum Gasteiger partial charge on any atom is 0.306 e. The molecule has 5 heteroatoms. The van der Waals surface area contributed by atoms with Gasteiger partial charge in [0.2, 0.25) is 0 Å². The zero-order valence-corrected chi connectivity index (χ0v) is 12.4. The summed E-state index contributed by atoms with van der Waals surface area (Å²) in [7, 11) is 1.55. The van der Waals surface area contributed by atoms with E-state index in [-0.39, 0.29) is 12.0 Å². The van der Waals surface area contributed by atoms with E-state index < -0.39 is 5.97 Å². The van der Waals surface area contributed by atoms with Crippen molar-refractivity contribution in [1.29, 1.82) is 5.26 Å². The van der Waals surface area contributed by atoms with Gasteiger partial charge in [0.05, 0.1) is 18.6 Å². The van der Waals surface area contributed by atoms with Crippen molar-refractivity contribution in [3.63, 3.8) is 0 Å². The molecule has 1 aliphatic heterocycles. The first-order valence-corrected chi connectivity index (χ1v) is 7.09. The van der Waals surface area contributed by atoms with Crippen LogP contribution in [0.4, 0.5) is 0 Å². The number of carboxylic acid groups (broad SMARTS) is 1. The second kappa shape index (κ2) is 6.59. The summed E-state index contributed by atoms with van der Waals surface area (Å²) < 4.78 is 5.14. The van der Waals surface area contributed by atoms with Crippen molar-refractivity contribution in [2.24, 2.45) is 5.92 Å². The van der Waals surface area contributed by atoms with Crippen LogP contribution in [0.2, 0.25) is 0 Å². The van der Waals surface area contributed by atoms with Gasteiger partial charge < -0.3 is 9.84 Å². The van der Waals surface area contributed by atoms with Crippen LogP contribution < -0.4 is 4.74 Å². The number of piperidine rings is 1. The Morgan fingerprint density at radius 2 is 2.33 bits per heavy atom. The third-order valence-electron chi connectivity index (χ3n) is 4.13. The van der Waals surface area contributed by atoms with Crippen molar-refractivity contribution in [3.8, 4) is 11.8 Å². The number of aliphatic carboxylic acids is 1. The molecule has 2 rings (SSSR count). The van der Waals surface area contributed by atoms with Crippen LogP contribution in [0.15, 0.2) is 18.2 Å². The number of carbonyl (C=O) groups is 1. The van der Waals surface area contributed by atoms with Gasteiger partial charge in [-0.1, -0.05) is 6.07 Å². The van der Waals surface area contributed by atoms with E-state index >= 15 is 0 Å². The molecule has 0 aromatic heterocycles. The number of hydrogen-bond acceptors (Lipinski definition) is 4. The number of likely N-dealkylation sites (tertiary alicyclic amines) is 1. The average molecular weight is 288 g/mol. The molecule has 1 saturated heterocycles. The Bertz CT molecular complexity index is 565. The van der Waals surface area contributed by atoms with Crippen molar-refractivity contribution in [1.82, 2.24) is 4.90 Å². The summed E-state index contributed by atoms with van der Waals surface area (Å²) in [6, 6.07) is 7.97. The normalized spacial score (nSPS) is 22.5. The van der Waals surface area contributed by atoms with E-state index in [9.17, 15) is 4.79 Å². The predicted molar refractivity (Wildman–Crippen MR) is 77.9 cm³/mol. The largest absolute Gasteiger partial charge is 0.495 e. The first-order valence-electron chi connectivity index (χ1n) is 7.09. The highest BCUT2D eigenvalue weighted by Crippen LogP contribution is 2.26. The van der Waals surface area contributed by atoms with Crippen molar-refractivity contribution < 1.29 is 14.6 Å². The minimum atomic E-state index is -0.697. The topological polar surface area (TPSA) is 73.6 Å². The van der Waals surface area contributed by atoms with E-state index in [0.29, 0.717) is 24.2 Å². The molecular weight excluding hydrogens is 268 g/mol. The molecule has 1 aromatic carbocycles. The second-order valence-corrected chi connectivity index (χ2v) is 5.53. The molecular formula is C16H20N2O3. The zero-order chi connectivity index (χ0) is 15.4. The number of benzene rings is 1. The maximum atomic E-state index is 11.1. The Morgan fingerprint density at radius 3 is 2.90 bits per heavy atom. The summed E-state index contributed by atoms with van der Waals surface area (Å²) in [6.07, 6.45) is 1.36. The minimum Gasteiger partial charge on any atom is -0.495 e. The van der Waals surface area contributed by atoms with E-state index in [1.54, 1.807) is 7.11 Å². The fourth-order valence-electron chi connectivity index (χ4n) is 2.86. The van der Waals surface area contributed by atoms with Crippen LogP contribution in [0, 0.1) is 17.2 Å². The van der Waals surface area contributed by atoms with Gasteiger partial charge in [-0.15, -0.1) is 0 Å². The third-order valence-corrected chi connectivity index (χ3v) is 4.13. The van der Waals surface area contributed by atoms with Crippen molar-refractivity contribution in [3.05, 3.63) is 29.3 Å². The number of methoxy groups -OCH3 is 1. The Balaban J connectivity index is 2.06. The molecule has 112 valence electrons. The zero-order valence-electron chi connectivity index (χ0n) is 12.4. The summed E-state index contributed by atoms with van der Waals surface area (Å²) >= 11 is 0. The maximum absolute atomic E-state index is 11.1. The van der Waals surface area contributed by atoms with E-state index in [1.165, 1.54) is 0 Å². The predicted octanol–water partition coefficient (Wildman–Crippen LogP) is 2.25. The fraction of sp³-hybridized carbons (Fsp3) is 0.500. The van der Waals surface area contributed by atoms with E-state index in [4.69, 9.17) is 15.1 Å². The average Bonchev–Trinajstić information content (AvgIpc) is 2.48. The highest BCUT2D eigenvalue weighted by molar-refractivity contribution is 5.70. The van der Waals surface area contributed by atoms with Crippen molar-refractivity contribution in [2.75, 3.05) is 13.7 Å². The van der Waals surface area contributed by atoms with Gasteiger partial charge in [-0.05, 0) is 44.0 Å². The number of hydrogen-bond donors (Lipinski definition) is 1. The molecule has 1 fully saturated rings. The summed E-state index contributed by atoms with van der Waals surface area (Å²) in [5.41, 5.74) is 1.58. The van der Waals surface area contributed by atoms with Gasteiger partial charge in [-0.2, -0.15) is 5.26 Å². The van der Waals surface area contributed by atoms with Crippen molar-refractivity contribution >= 4 is 5.97 Å².